The topological polar surface area (TPSA) is 58.3 Å². The number of hydrogen-bond donors (Lipinski definition) is 3. The maximum Gasteiger partial charge on any atom is 0.0446 e. The number of benzene rings is 1. The lowest BCUT2D eigenvalue weighted by Crippen LogP contribution is -2.35. The first-order valence-corrected chi connectivity index (χ1v) is 7.19. The smallest absolute Gasteiger partial charge is 0.0446 e. The standard InChI is InChI=1S/C12H18Br2N2O/c1-8(4-5-17)16-12(7-15)9-2-3-10(13)11(14)6-9/h2-3,6,8,12,16-17H,4-5,7,15H2,1H3. The molecule has 0 fully saturated rings. The van der Waals surface area contributed by atoms with Crippen LogP contribution >= 0.6 is 31.9 Å². The molecule has 2 unspecified atom stereocenters. The molecule has 0 saturated heterocycles. The lowest BCUT2D eigenvalue weighted by atomic mass is 10.1. The van der Waals surface area contributed by atoms with Crippen molar-refractivity contribution in [2.75, 3.05) is 13.2 Å². The van der Waals surface area contributed by atoms with E-state index >= 15 is 0 Å². The van der Waals surface area contributed by atoms with Crippen LogP contribution in [-0.4, -0.2) is 24.3 Å². The molecular formula is C12H18Br2N2O. The van der Waals surface area contributed by atoms with Crippen LogP contribution in [0, 0.1) is 0 Å². The van der Waals surface area contributed by atoms with Gasteiger partial charge in [-0.1, -0.05) is 6.07 Å². The highest BCUT2D eigenvalue weighted by Gasteiger charge is 2.13. The summed E-state index contributed by atoms with van der Waals surface area (Å²) in [6.07, 6.45) is 0.730. The highest BCUT2D eigenvalue weighted by Crippen LogP contribution is 2.26. The van der Waals surface area contributed by atoms with Gasteiger partial charge in [0.15, 0.2) is 0 Å². The van der Waals surface area contributed by atoms with Gasteiger partial charge in [-0.2, -0.15) is 0 Å². The Hall–Kier alpha value is 0.0600. The number of aliphatic hydroxyl groups excluding tert-OH is 1. The van der Waals surface area contributed by atoms with Crippen LogP contribution < -0.4 is 11.1 Å². The molecular weight excluding hydrogens is 348 g/mol. The van der Waals surface area contributed by atoms with E-state index < -0.39 is 0 Å². The molecule has 4 N–H and O–H groups in total. The van der Waals surface area contributed by atoms with Crippen molar-refractivity contribution in [1.82, 2.24) is 5.32 Å². The van der Waals surface area contributed by atoms with Gasteiger partial charge in [0.25, 0.3) is 0 Å². The fourth-order valence-corrected chi connectivity index (χ4v) is 2.29. The van der Waals surface area contributed by atoms with Crippen LogP contribution in [0.15, 0.2) is 27.1 Å². The van der Waals surface area contributed by atoms with Crippen LogP contribution in [0.1, 0.15) is 24.9 Å². The molecule has 1 aromatic rings. The third-order valence-electron chi connectivity index (χ3n) is 2.63. The summed E-state index contributed by atoms with van der Waals surface area (Å²) >= 11 is 6.93. The Morgan fingerprint density at radius 3 is 2.59 bits per heavy atom. The molecule has 0 aliphatic rings. The van der Waals surface area contributed by atoms with Gasteiger partial charge in [-0.05, 0) is 62.9 Å². The van der Waals surface area contributed by atoms with Gasteiger partial charge in [0, 0.05) is 34.2 Å². The first-order chi connectivity index (χ1) is 8.08. The molecule has 0 saturated carbocycles. The quantitative estimate of drug-likeness (QED) is 0.726. The maximum atomic E-state index is 8.89. The SMILES string of the molecule is CC(CCO)NC(CN)c1ccc(Br)c(Br)c1. The Morgan fingerprint density at radius 1 is 1.35 bits per heavy atom. The molecule has 0 aliphatic heterocycles. The molecule has 0 aliphatic carbocycles. The summed E-state index contributed by atoms with van der Waals surface area (Å²) in [4.78, 5) is 0. The van der Waals surface area contributed by atoms with Gasteiger partial charge >= 0.3 is 0 Å². The van der Waals surface area contributed by atoms with E-state index in [0.717, 1.165) is 20.9 Å². The molecule has 0 heterocycles. The summed E-state index contributed by atoms with van der Waals surface area (Å²) in [7, 11) is 0. The van der Waals surface area contributed by atoms with Crippen molar-refractivity contribution in [3.05, 3.63) is 32.7 Å². The molecule has 2 atom stereocenters. The summed E-state index contributed by atoms with van der Waals surface area (Å²) in [5, 5.41) is 12.3. The minimum atomic E-state index is 0.112. The summed E-state index contributed by atoms with van der Waals surface area (Å²) in [5.74, 6) is 0. The van der Waals surface area contributed by atoms with Crippen molar-refractivity contribution in [3.63, 3.8) is 0 Å². The highest BCUT2D eigenvalue weighted by molar-refractivity contribution is 9.13. The van der Waals surface area contributed by atoms with Crippen LogP contribution in [-0.2, 0) is 0 Å². The molecule has 17 heavy (non-hydrogen) atoms. The zero-order valence-corrected chi connectivity index (χ0v) is 13.0. The average Bonchev–Trinajstić information content (AvgIpc) is 2.30. The molecule has 0 aromatic heterocycles. The van der Waals surface area contributed by atoms with Gasteiger partial charge in [0.05, 0.1) is 0 Å². The monoisotopic (exact) mass is 364 g/mol. The largest absolute Gasteiger partial charge is 0.396 e. The van der Waals surface area contributed by atoms with Crippen molar-refractivity contribution >= 4 is 31.9 Å². The van der Waals surface area contributed by atoms with Crippen LogP contribution in [0.3, 0.4) is 0 Å². The molecule has 3 nitrogen and oxygen atoms in total. The normalized spacial score (nSPS) is 14.6. The van der Waals surface area contributed by atoms with Crippen molar-refractivity contribution in [3.8, 4) is 0 Å². The second kappa shape index (κ2) is 7.48. The number of nitrogens with one attached hydrogen (secondary N) is 1. The van der Waals surface area contributed by atoms with E-state index in [4.69, 9.17) is 10.8 Å². The van der Waals surface area contributed by atoms with E-state index in [1.807, 2.05) is 19.1 Å². The van der Waals surface area contributed by atoms with Crippen molar-refractivity contribution in [1.29, 1.82) is 0 Å². The number of rotatable bonds is 6. The first-order valence-electron chi connectivity index (χ1n) is 5.60. The fourth-order valence-electron chi connectivity index (χ4n) is 1.65. The van der Waals surface area contributed by atoms with Gasteiger partial charge in [-0.3, -0.25) is 0 Å². The minimum Gasteiger partial charge on any atom is -0.396 e. The van der Waals surface area contributed by atoms with Gasteiger partial charge < -0.3 is 16.2 Å². The first kappa shape index (κ1) is 15.1. The zero-order valence-electron chi connectivity index (χ0n) is 9.79. The van der Waals surface area contributed by atoms with Crippen LogP contribution in [0.2, 0.25) is 0 Å². The Balaban J connectivity index is 2.75. The van der Waals surface area contributed by atoms with Gasteiger partial charge in [0.2, 0.25) is 0 Å². The Labute approximate surface area is 119 Å². The van der Waals surface area contributed by atoms with Gasteiger partial charge in [0.1, 0.15) is 0 Å². The van der Waals surface area contributed by atoms with Crippen molar-refractivity contribution in [2.24, 2.45) is 5.73 Å². The predicted octanol–water partition coefficient (Wildman–Crippen LogP) is 2.57. The third-order valence-corrected chi connectivity index (χ3v) is 4.51. The van der Waals surface area contributed by atoms with E-state index in [9.17, 15) is 0 Å². The van der Waals surface area contributed by atoms with Gasteiger partial charge in [-0.25, -0.2) is 0 Å². The number of hydrogen-bond acceptors (Lipinski definition) is 3. The molecule has 0 amide bonds. The Morgan fingerprint density at radius 2 is 2.06 bits per heavy atom. The summed E-state index contributed by atoms with van der Waals surface area (Å²) in [5.41, 5.74) is 6.93. The van der Waals surface area contributed by atoms with Gasteiger partial charge in [-0.15, -0.1) is 0 Å². The second-order valence-corrected chi connectivity index (χ2v) is 5.75. The second-order valence-electron chi connectivity index (χ2n) is 4.04. The van der Waals surface area contributed by atoms with E-state index in [-0.39, 0.29) is 18.7 Å². The molecule has 1 rings (SSSR count). The summed E-state index contributed by atoms with van der Waals surface area (Å²) < 4.78 is 2.05. The lowest BCUT2D eigenvalue weighted by Gasteiger charge is -2.22. The Kier molecular flexibility index (Phi) is 6.66. The highest BCUT2D eigenvalue weighted by atomic mass is 79.9. The van der Waals surface area contributed by atoms with Crippen LogP contribution in [0.25, 0.3) is 0 Å². The van der Waals surface area contributed by atoms with E-state index in [1.54, 1.807) is 0 Å². The number of nitrogens with two attached hydrogens (primary N) is 1. The van der Waals surface area contributed by atoms with Crippen molar-refractivity contribution in [2.45, 2.75) is 25.4 Å². The molecule has 0 spiro atoms. The molecule has 96 valence electrons. The fraction of sp³-hybridized carbons (Fsp3) is 0.500. The van der Waals surface area contributed by atoms with Crippen LogP contribution in [0.5, 0.6) is 0 Å². The zero-order chi connectivity index (χ0) is 12.8. The Bertz CT molecular complexity index is 360. The number of aliphatic hydroxyl groups is 1. The van der Waals surface area contributed by atoms with Crippen molar-refractivity contribution < 1.29 is 5.11 Å². The molecule has 1 aromatic carbocycles. The van der Waals surface area contributed by atoms with E-state index in [0.29, 0.717) is 6.54 Å². The third kappa shape index (κ3) is 4.67. The molecule has 0 bridgehead atoms. The molecule has 0 radical (unpaired) electrons. The minimum absolute atomic E-state index is 0.112. The summed E-state index contributed by atoms with van der Waals surface area (Å²) in [6, 6.07) is 6.46. The van der Waals surface area contributed by atoms with E-state index in [1.165, 1.54) is 0 Å². The molecule has 5 heteroatoms. The average molecular weight is 366 g/mol. The maximum absolute atomic E-state index is 8.89. The number of halogens is 2. The summed E-state index contributed by atoms with van der Waals surface area (Å²) in [6.45, 7) is 2.77. The predicted molar refractivity (Wildman–Crippen MR) is 77.9 cm³/mol. The lowest BCUT2D eigenvalue weighted by molar-refractivity contribution is 0.263. The van der Waals surface area contributed by atoms with Crippen LogP contribution in [0.4, 0.5) is 0 Å². The van der Waals surface area contributed by atoms with E-state index in [2.05, 4.69) is 43.2 Å².